The number of Topliss-reactive ketones (excluding diaryl/α,β-unsaturated/α-hetero) is 1. The molecular weight excluding hydrogens is 258 g/mol. The molecule has 2 heteroatoms. The third-order valence-corrected chi connectivity index (χ3v) is 4.98. The predicted octanol–water partition coefficient (Wildman–Crippen LogP) is 4.11. The van der Waals surface area contributed by atoms with Crippen LogP contribution in [0.1, 0.15) is 57.1 Å². The lowest BCUT2D eigenvalue weighted by Crippen LogP contribution is -2.42. The smallest absolute Gasteiger partial charge is 0.157 e. The van der Waals surface area contributed by atoms with Gasteiger partial charge in [0.05, 0.1) is 12.0 Å². The normalized spacial score (nSPS) is 18.6. The number of nitrogens with zero attached hydrogens (tertiary/aromatic N) is 1. The molecule has 1 aromatic carbocycles. The second-order valence-corrected chi connectivity index (χ2v) is 6.46. The molecule has 1 fully saturated rings. The molecule has 0 saturated carbocycles. The summed E-state index contributed by atoms with van der Waals surface area (Å²) in [5.41, 5.74) is 2.18. The Bertz CT molecular complexity index is 459. The molecule has 0 bridgehead atoms. The SMILES string of the molecule is CCCC(CC)(C(=O)CN1CCCC1)c1ccc(C)cc1. The molecule has 1 aliphatic heterocycles. The molecule has 1 aliphatic rings. The number of rotatable bonds is 7. The molecule has 2 nitrogen and oxygen atoms in total. The number of likely N-dealkylation sites (tertiary alicyclic amines) is 1. The molecule has 1 aromatic rings. The molecule has 0 radical (unpaired) electrons. The van der Waals surface area contributed by atoms with E-state index in [1.807, 2.05) is 0 Å². The molecule has 21 heavy (non-hydrogen) atoms. The molecule has 0 N–H and O–H groups in total. The van der Waals surface area contributed by atoms with Crippen molar-refractivity contribution in [2.45, 2.75) is 58.3 Å². The summed E-state index contributed by atoms with van der Waals surface area (Å²) in [7, 11) is 0. The van der Waals surface area contributed by atoms with E-state index >= 15 is 0 Å². The lowest BCUT2D eigenvalue weighted by Gasteiger charge is -2.33. The lowest BCUT2D eigenvalue weighted by atomic mass is 9.71. The summed E-state index contributed by atoms with van der Waals surface area (Å²) in [6.45, 7) is 9.25. The highest BCUT2D eigenvalue weighted by atomic mass is 16.1. The lowest BCUT2D eigenvalue weighted by molar-refractivity contribution is -0.126. The minimum absolute atomic E-state index is 0.287. The van der Waals surface area contributed by atoms with Crippen LogP contribution >= 0.6 is 0 Å². The first-order chi connectivity index (χ1) is 10.1. The van der Waals surface area contributed by atoms with Crippen LogP contribution in [0.15, 0.2) is 24.3 Å². The van der Waals surface area contributed by atoms with Crippen LogP contribution in [0, 0.1) is 6.92 Å². The van der Waals surface area contributed by atoms with Gasteiger partial charge in [-0.25, -0.2) is 0 Å². The van der Waals surface area contributed by atoms with E-state index in [0.717, 1.165) is 32.4 Å². The van der Waals surface area contributed by atoms with Gasteiger partial charge in [0.1, 0.15) is 0 Å². The zero-order valence-corrected chi connectivity index (χ0v) is 13.8. The van der Waals surface area contributed by atoms with Crippen LogP contribution in [-0.2, 0) is 10.2 Å². The van der Waals surface area contributed by atoms with Gasteiger partial charge in [-0.15, -0.1) is 0 Å². The van der Waals surface area contributed by atoms with E-state index in [1.54, 1.807) is 0 Å². The van der Waals surface area contributed by atoms with Crippen molar-refractivity contribution in [3.05, 3.63) is 35.4 Å². The fraction of sp³-hybridized carbons (Fsp3) is 0.632. The maximum Gasteiger partial charge on any atom is 0.157 e. The largest absolute Gasteiger partial charge is 0.297 e. The number of hydrogen-bond acceptors (Lipinski definition) is 2. The van der Waals surface area contributed by atoms with Crippen LogP contribution in [0.25, 0.3) is 0 Å². The Morgan fingerprint density at radius 1 is 1.14 bits per heavy atom. The van der Waals surface area contributed by atoms with Crippen LogP contribution in [0.5, 0.6) is 0 Å². The predicted molar refractivity (Wildman–Crippen MR) is 88.7 cm³/mol. The van der Waals surface area contributed by atoms with Crippen molar-refractivity contribution in [1.29, 1.82) is 0 Å². The summed E-state index contributed by atoms with van der Waals surface area (Å²) in [5.74, 6) is 0.414. The van der Waals surface area contributed by atoms with E-state index in [1.165, 1.54) is 24.0 Å². The number of aryl methyl sites for hydroxylation is 1. The monoisotopic (exact) mass is 287 g/mol. The maximum atomic E-state index is 13.1. The molecule has 1 heterocycles. The number of carbonyl (C=O) groups excluding carboxylic acids is 1. The van der Waals surface area contributed by atoms with Gasteiger partial charge in [0, 0.05) is 0 Å². The molecule has 0 aliphatic carbocycles. The van der Waals surface area contributed by atoms with Gasteiger partial charge >= 0.3 is 0 Å². The molecule has 1 unspecified atom stereocenters. The van der Waals surface area contributed by atoms with Gasteiger partial charge in [0.2, 0.25) is 0 Å². The maximum absolute atomic E-state index is 13.1. The minimum Gasteiger partial charge on any atom is -0.297 e. The Balaban J connectivity index is 2.26. The fourth-order valence-electron chi connectivity index (χ4n) is 3.62. The molecule has 1 saturated heterocycles. The summed E-state index contributed by atoms with van der Waals surface area (Å²) in [6.07, 6.45) is 5.39. The van der Waals surface area contributed by atoms with E-state index in [0.29, 0.717) is 12.3 Å². The summed E-state index contributed by atoms with van der Waals surface area (Å²) in [6, 6.07) is 8.60. The topological polar surface area (TPSA) is 20.3 Å². The van der Waals surface area contributed by atoms with Crippen molar-refractivity contribution >= 4 is 5.78 Å². The summed E-state index contributed by atoms with van der Waals surface area (Å²) < 4.78 is 0. The van der Waals surface area contributed by atoms with E-state index in [9.17, 15) is 4.79 Å². The van der Waals surface area contributed by atoms with Gasteiger partial charge in [-0.05, 0) is 51.3 Å². The number of benzene rings is 1. The van der Waals surface area contributed by atoms with Gasteiger partial charge in [-0.1, -0.05) is 50.1 Å². The first-order valence-corrected chi connectivity index (χ1v) is 8.45. The summed E-state index contributed by atoms with van der Waals surface area (Å²) in [5, 5.41) is 0. The van der Waals surface area contributed by atoms with Crippen molar-refractivity contribution in [2.24, 2.45) is 0 Å². The number of hydrogen-bond donors (Lipinski definition) is 0. The van der Waals surface area contributed by atoms with E-state index in [2.05, 4.69) is 49.9 Å². The first-order valence-electron chi connectivity index (χ1n) is 8.45. The van der Waals surface area contributed by atoms with Crippen molar-refractivity contribution in [2.75, 3.05) is 19.6 Å². The standard InChI is InChI=1S/C19H29NO/c1-4-12-19(5-2,17-10-8-16(3)9-11-17)18(21)15-20-13-6-7-14-20/h8-11H,4-7,12-15H2,1-3H3. The Hall–Kier alpha value is -1.15. The van der Waals surface area contributed by atoms with Gasteiger partial charge in [-0.3, -0.25) is 9.69 Å². The molecule has 116 valence electrons. The number of ketones is 1. The van der Waals surface area contributed by atoms with Gasteiger partial charge in [-0.2, -0.15) is 0 Å². The fourth-order valence-corrected chi connectivity index (χ4v) is 3.62. The van der Waals surface area contributed by atoms with Crippen molar-refractivity contribution in [3.8, 4) is 0 Å². The summed E-state index contributed by atoms with van der Waals surface area (Å²) >= 11 is 0. The van der Waals surface area contributed by atoms with E-state index in [4.69, 9.17) is 0 Å². The quantitative estimate of drug-likeness (QED) is 0.752. The van der Waals surface area contributed by atoms with Crippen LogP contribution in [0.4, 0.5) is 0 Å². The highest BCUT2D eigenvalue weighted by Gasteiger charge is 2.38. The highest BCUT2D eigenvalue weighted by Crippen LogP contribution is 2.35. The van der Waals surface area contributed by atoms with Crippen LogP contribution in [0.3, 0.4) is 0 Å². The second-order valence-electron chi connectivity index (χ2n) is 6.46. The third-order valence-electron chi connectivity index (χ3n) is 4.98. The van der Waals surface area contributed by atoms with Gasteiger partial charge in [0.15, 0.2) is 5.78 Å². The van der Waals surface area contributed by atoms with Gasteiger partial charge in [0.25, 0.3) is 0 Å². The second kappa shape index (κ2) is 7.22. The Kier molecular flexibility index (Phi) is 5.58. The molecule has 1 atom stereocenters. The van der Waals surface area contributed by atoms with Crippen molar-refractivity contribution < 1.29 is 4.79 Å². The van der Waals surface area contributed by atoms with Gasteiger partial charge < -0.3 is 0 Å². The van der Waals surface area contributed by atoms with Crippen LogP contribution in [-0.4, -0.2) is 30.3 Å². The molecule has 0 aromatic heterocycles. The average Bonchev–Trinajstić information content (AvgIpc) is 2.98. The van der Waals surface area contributed by atoms with Crippen LogP contribution in [0.2, 0.25) is 0 Å². The number of carbonyl (C=O) groups is 1. The van der Waals surface area contributed by atoms with Crippen LogP contribution < -0.4 is 0 Å². The Morgan fingerprint density at radius 2 is 1.76 bits per heavy atom. The Morgan fingerprint density at radius 3 is 2.29 bits per heavy atom. The zero-order valence-electron chi connectivity index (χ0n) is 13.8. The summed E-state index contributed by atoms with van der Waals surface area (Å²) in [4.78, 5) is 15.4. The first kappa shape index (κ1) is 16.2. The zero-order chi connectivity index (χ0) is 15.3. The van der Waals surface area contributed by atoms with E-state index < -0.39 is 0 Å². The minimum atomic E-state index is -0.287. The third kappa shape index (κ3) is 3.55. The molecule has 2 rings (SSSR count). The van der Waals surface area contributed by atoms with Crippen molar-refractivity contribution in [3.63, 3.8) is 0 Å². The molecular formula is C19H29NO. The molecule has 0 spiro atoms. The average molecular weight is 287 g/mol. The molecule has 0 amide bonds. The Labute approximate surface area is 129 Å². The van der Waals surface area contributed by atoms with E-state index in [-0.39, 0.29) is 5.41 Å². The highest BCUT2D eigenvalue weighted by molar-refractivity contribution is 5.91. The van der Waals surface area contributed by atoms with Crippen molar-refractivity contribution in [1.82, 2.24) is 4.90 Å².